The number of nitrogen functional groups attached to an aromatic ring is 1. The molecule has 1 heterocycles. The maximum absolute atomic E-state index is 13.8. The number of pyridine rings is 1. The lowest BCUT2D eigenvalue weighted by Gasteiger charge is -2.16. The molecule has 3 N–H and O–H groups in total. The topological polar surface area (TPSA) is 50.9 Å². The molecule has 0 saturated carbocycles. The molecule has 0 fully saturated rings. The Morgan fingerprint density at radius 2 is 2.11 bits per heavy atom. The van der Waals surface area contributed by atoms with Crippen molar-refractivity contribution in [1.82, 2.24) is 4.98 Å². The molecule has 0 unspecified atom stereocenters. The summed E-state index contributed by atoms with van der Waals surface area (Å²) in [7, 11) is 0. The summed E-state index contributed by atoms with van der Waals surface area (Å²) in [4.78, 5) is 4.61. The Morgan fingerprint density at radius 1 is 1.44 bits per heavy atom. The van der Waals surface area contributed by atoms with Crippen molar-refractivity contribution < 1.29 is 4.39 Å². The Balaban J connectivity index is 3.02. The highest BCUT2D eigenvalue weighted by molar-refractivity contribution is 9.10. The number of hydrogen-bond donors (Lipinski definition) is 2. The third-order valence-electron chi connectivity index (χ3n) is 3.17. The molecule has 0 aliphatic carbocycles. The van der Waals surface area contributed by atoms with Crippen LogP contribution < -0.4 is 11.3 Å². The molecule has 0 bridgehead atoms. The molecule has 0 aliphatic heterocycles. The number of nitrogens with zero attached hydrogens (tertiary/aromatic N) is 1. The second kappa shape index (κ2) is 4.82. The third kappa shape index (κ3) is 1.87. The van der Waals surface area contributed by atoms with Crippen LogP contribution in [0, 0.1) is 19.7 Å². The van der Waals surface area contributed by atoms with Gasteiger partial charge >= 0.3 is 0 Å². The summed E-state index contributed by atoms with van der Waals surface area (Å²) in [5.41, 5.74) is 6.91. The number of fused-ring (bicyclic) bond motifs is 1. The van der Waals surface area contributed by atoms with E-state index in [0.29, 0.717) is 9.86 Å². The van der Waals surface area contributed by atoms with Gasteiger partial charge in [-0.25, -0.2) is 4.39 Å². The number of hydrogen-bond acceptors (Lipinski definition) is 3. The van der Waals surface area contributed by atoms with Gasteiger partial charge in [0.25, 0.3) is 0 Å². The van der Waals surface area contributed by atoms with E-state index >= 15 is 0 Å². The highest BCUT2D eigenvalue weighted by Gasteiger charge is 2.17. The van der Waals surface area contributed by atoms with Gasteiger partial charge in [0.1, 0.15) is 5.82 Å². The van der Waals surface area contributed by atoms with Crippen molar-refractivity contribution >= 4 is 32.5 Å². The van der Waals surface area contributed by atoms with E-state index in [4.69, 9.17) is 5.84 Å². The number of aromatic nitrogens is 1. The summed E-state index contributed by atoms with van der Waals surface area (Å²) in [6.07, 6.45) is 0.810. The maximum atomic E-state index is 13.8. The molecule has 0 amide bonds. The van der Waals surface area contributed by atoms with Gasteiger partial charge in [-0.2, -0.15) is 0 Å². The smallest absolute Gasteiger partial charge is 0.138 e. The van der Waals surface area contributed by atoms with Gasteiger partial charge < -0.3 is 5.43 Å². The number of anilines is 1. The molecular weight excluding hydrogens is 297 g/mol. The van der Waals surface area contributed by atoms with Crippen molar-refractivity contribution in [2.75, 3.05) is 5.43 Å². The molecule has 1 aromatic carbocycles. The molecule has 0 spiro atoms. The van der Waals surface area contributed by atoms with Gasteiger partial charge in [0.2, 0.25) is 0 Å². The molecule has 0 atom stereocenters. The van der Waals surface area contributed by atoms with Crippen LogP contribution in [0.3, 0.4) is 0 Å². The molecule has 18 heavy (non-hydrogen) atoms. The molecule has 1 aromatic heterocycles. The van der Waals surface area contributed by atoms with E-state index < -0.39 is 0 Å². The molecule has 96 valence electrons. The SMILES string of the molecule is CCc1nc2c(C)cc(F)c(Br)c2c(NN)c1C. The quantitative estimate of drug-likeness (QED) is 0.658. The van der Waals surface area contributed by atoms with Gasteiger partial charge in [-0.05, 0) is 53.4 Å². The predicted molar refractivity (Wildman–Crippen MR) is 76.1 cm³/mol. The number of nitrogens with one attached hydrogen (secondary N) is 1. The number of hydrazine groups is 1. The number of aryl methyl sites for hydroxylation is 2. The van der Waals surface area contributed by atoms with Crippen LogP contribution in [0.4, 0.5) is 10.1 Å². The zero-order valence-electron chi connectivity index (χ0n) is 10.6. The fraction of sp³-hybridized carbons (Fsp3) is 0.308. The van der Waals surface area contributed by atoms with Crippen LogP contribution >= 0.6 is 15.9 Å². The highest BCUT2D eigenvalue weighted by Crippen LogP contribution is 2.36. The molecule has 0 saturated heterocycles. The number of halogens is 2. The third-order valence-corrected chi connectivity index (χ3v) is 3.94. The molecule has 2 rings (SSSR count). The van der Waals surface area contributed by atoms with Crippen molar-refractivity contribution in [1.29, 1.82) is 0 Å². The summed E-state index contributed by atoms with van der Waals surface area (Å²) in [5, 5.41) is 0.699. The van der Waals surface area contributed by atoms with Crippen molar-refractivity contribution in [2.24, 2.45) is 5.84 Å². The monoisotopic (exact) mass is 311 g/mol. The highest BCUT2D eigenvalue weighted by atomic mass is 79.9. The van der Waals surface area contributed by atoms with Crippen molar-refractivity contribution in [3.8, 4) is 0 Å². The van der Waals surface area contributed by atoms with Gasteiger partial charge in [-0.1, -0.05) is 6.92 Å². The zero-order valence-corrected chi connectivity index (χ0v) is 12.2. The molecular formula is C13H15BrFN3. The van der Waals surface area contributed by atoms with Crippen LogP contribution in [0.1, 0.15) is 23.7 Å². The number of benzene rings is 1. The van der Waals surface area contributed by atoms with Gasteiger partial charge in [-0.3, -0.25) is 10.8 Å². The van der Waals surface area contributed by atoms with E-state index in [2.05, 4.69) is 26.3 Å². The summed E-state index contributed by atoms with van der Waals surface area (Å²) < 4.78 is 14.2. The molecule has 2 aromatic rings. The Bertz CT molecular complexity index is 626. The van der Waals surface area contributed by atoms with Crippen LogP contribution in [0.5, 0.6) is 0 Å². The minimum absolute atomic E-state index is 0.304. The van der Waals surface area contributed by atoms with Crippen LogP contribution in [0.2, 0.25) is 0 Å². The fourth-order valence-corrected chi connectivity index (χ4v) is 2.69. The average Bonchev–Trinajstić information content (AvgIpc) is 2.35. The van der Waals surface area contributed by atoms with E-state index in [1.54, 1.807) is 0 Å². The predicted octanol–water partition coefficient (Wildman–Crippen LogP) is 3.60. The lowest BCUT2D eigenvalue weighted by molar-refractivity contribution is 0.622. The maximum Gasteiger partial charge on any atom is 0.138 e. The van der Waals surface area contributed by atoms with Gasteiger partial charge in [0.05, 0.1) is 15.7 Å². The lowest BCUT2D eigenvalue weighted by Crippen LogP contribution is -2.12. The van der Waals surface area contributed by atoms with E-state index in [0.717, 1.165) is 34.4 Å². The van der Waals surface area contributed by atoms with Crippen LogP contribution in [-0.4, -0.2) is 4.98 Å². The summed E-state index contributed by atoms with van der Waals surface area (Å²) >= 11 is 3.28. The lowest BCUT2D eigenvalue weighted by atomic mass is 10.0. The Labute approximate surface area is 114 Å². The first kappa shape index (κ1) is 13.2. The Kier molecular flexibility index (Phi) is 3.54. The number of rotatable bonds is 2. The standard InChI is InChI=1S/C13H15BrFN3/c1-4-9-7(3)13(18-16)10-11(14)8(15)5-6(2)12(10)17-9/h5H,4,16H2,1-3H3,(H,17,18). The Morgan fingerprint density at radius 3 is 2.67 bits per heavy atom. The van der Waals surface area contributed by atoms with Crippen molar-refractivity contribution in [3.05, 3.63) is 33.2 Å². The van der Waals surface area contributed by atoms with E-state index in [9.17, 15) is 4.39 Å². The first-order valence-corrected chi connectivity index (χ1v) is 6.54. The van der Waals surface area contributed by atoms with Crippen LogP contribution in [0.15, 0.2) is 10.5 Å². The first-order chi connectivity index (χ1) is 8.51. The second-order valence-electron chi connectivity index (χ2n) is 4.27. The van der Waals surface area contributed by atoms with Gasteiger partial charge in [0.15, 0.2) is 0 Å². The van der Waals surface area contributed by atoms with Crippen molar-refractivity contribution in [3.63, 3.8) is 0 Å². The fourth-order valence-electron chi connectivity index (χ4n) is 2.19. The van der Waals surface area contributed by atoms with Gasteiger partial charge in [-0.15, -0.1) is 0 Å². The largest absolute Gasteiger partial charge is 0.323 e. The Hall–Kier alpha value is -1.20. The molecule has 5 heteroatoms. The van der Waals surface area contributed by atoms with Gasteiger partial charge in [0, 0.05) is 11.1 Å². The minimum atomic E-state index is -0.304. The van der Waals surface area contributed by atoms with Crippen LogP contribution in [0.25, 0.3) is 10.9 Å². The first-order valence-electron chi connectivity index (χ1n) is 5.75. The van der Waals surface area contributed by atoms with Crippen molar-refractivity contribution in [2.45, 2.75) is 27.2 Å². The van der Waals surface area contributed by atoms with Crippen LogP contribution in [-0.2, 0) is 6.42 Å². The molecule has 0 radical (unpaired) electrons. The summed E-state index contributed by atoms with van der Waals surface area (Å²) in [5.74, 6) is 5.28. The second-order valence-corrected chi connectivity index (χ2v) is 5.06. The number of nitrogens with two attached hydrogens (primary N) is 1. The van der Waals surface area contributed by atoms with E-state index in [1.807, 2.05) is 20.8 Å². The summed E-state index contributed by atoms with van der Waals surface area (Å²) in [6.45, 7) is 5.82. The molecule has 3 nitrogen and oxygen atoms in total. The average molecular weight is 312 g/mol. The summed E-state index contributed by atoms with van der Waals surface area (Å²) in [6, 6.07) is 1.48. The van der Waals surface area contributed by atoms with E-state index in [-0.39, 0.29) is 5.82 Å². The molecule has 0 aliphatic rings. The van der Waals surface area contributed by atoms with E-state index in [1.165, 1.54) is 6.07 Å². The minimum Gasteiger partial charge on any atom is -0.323 e. The zero-order chi connectivity index (χ0) is 13.4. The normalized spacial score (nSPS) is 11.0.